The number of carbonyl (C=O) groups is 1. The second kappa shape index (κ2) is 8.31. The van der Waals surface area contributed by atoms with Crippen molar-refractivity contribution in [2.24, 2.45) is 5.92 Å². The fourth-order valence-corrected chi connectivity index (χ4v) is 3.99. The number of nitrogens with one attached hydrogen (secondary N) is 2. The molecule has 0 radical (unpaired) electrons. The van der Waals surface area contributed by atoms with Crippen LogP contribution in [0.25, 0.3) is 0 Å². The Morgan fingerprint density at radius 1 is 1.16 bits per heavy atom. The molecule has 8 heteroatoms. The minimum atomic E-state index is -3.72. The number of halogens is 2. The summed E-state index contributed by atoms with van der Waals surface area (Å²) in [5, 5.41) is 2.93. The third-order valence-corrected chi connectivity index (χ3v) is 5.77. The average molecular weight is 446 g/mol. The van der Waals surface area contributed by atoms with E-state index in [1.54, 1.807) is 30.3 Å². The predicted molar refractivity (Wildman–Crippen MR) is 103 cm³/mol. The fraction of sp³-hybridized carbons (Fsp3) is 0.235. The third kappa shape index (κ3) is 5.54. The largest absolute Gasteiger partial charge is 0.326 e. The van der Waals surface area contributed by atoms with Gasteiger partial charge in [0.05, 0.1) is 5.02 Å². The van der Waals surface area contributed by atoms with Crippen LogP contribution in [0, 0.1) is 5.92 Å². The molecule has 1 amide bonds. The highest BCUT2D eigenvalue weighted by Crippen LogP contribution is 2.25. The number of benzene rings is 2. The van der Waals surface area contributed by atoms with Crippen LogP contribution in [0.3, 0.4) is 0 Å². The van der Waals surface area contributed by atoms with Gasteiger partial charge in [-0.05, 0) is 35.9 Å². The topological polar surface area (TPSA) is 75.3 Å². The Kier molecular flexibility index (Phi) is 6.62. The highest BCUT2D eigenvalue weighted by Gasteiger charge is 2.17. The van der Waals surface area contributed by atoms with Crippen LogP contribution in [0.15, 0.2) is 51.8 Å². The smallest absolute Gasteiger partial charge is 0.242 e. The predicted octanol–water partition coefficient (Wildman–Crippen LogP) is 4.18. The number of anilines is 1. The maximum absolute atomic E-state index is 12.4. The van der Waals surface area contributed by atoms with E-state index in [2.05, 4.69) is 26.0 Å². The number of rotatable bonds is 6. The molecular formula is C17H18BrClN2O3S. The van der Waals surface area contributed by atoms with Gasteiger partial charge in [-0.2, -0.15) is 0 Å². The van der Waals surface area contributed by atoms with E-state index in [1.807, 2.05) is 13.8 Å². The molecular weight excluding hydrogens is 428 g/mol. The summed E-state index contributed by atoms with van der Waals surface area (Å²) in [6.45, 7) is 3.74. The molecule has 0 saturated carbocycles. The molecule has 2 aromatic carbocycles. The van der Waals surface area contributed by atoms with Crippen molar-refractivity contribution < 1.29 is 13.2 Å². The first kappa shape index (κ1) is 19.9. The number of hydrogen-bond acceptors (Lipinski definition) is 3. The van der Waals surface area contributed by atoms with Crippen LogP contribution < -0.4 is 10.0 Å². The molecule has 0 atom stereocenters. The van der Waals surface area contributed by atoms with Crippen molar-refractivity contribution in [2.45, 2.75) is 25.3 Å². The number of carbonyl (C=O) groups excluding carboxylic acids is 1. The van der Waals surface area contributed by atoms with Gasteiger partial charge in [0.15, 0.2) is 0 Å². The Morgan fingerprint density at radius 2 is 1.80 bits per heavy atom. The Labute approximate surface area is 161 Å². The number of hydrogen-bond donors (Lipinski definition) is 2. The van der Waals surface area contributed by atoms with Gasteiger partial charge >= 0.3 is 0 Å². The molecule has 134 valence electrons. The summed E-state index contributed by atoms with van der Waals surface area (Å²) in [4.78, 5) is 11.7. The zero-order valence-corrected chi connectivity index (χ0v) is 16.9. The van der Waals surface area contributed by atoms with E-state index >= 15 is 0 Å². The van der Waals surface area contributed by atoms with Gasteiger partial charge in [0.25, 0.3) is 0 Å². The van der Waals surface area contributed by atoms with Crippen LogP contribution in [-0.2, 0) is 21.4 Å². The summed E-state index contributed by atoms with van der Waals surface area (Å²) in [7, 11) is -3.72. The standard InChI is InChI=1S/C17H18BrClN2O3S/c1-11(2)17(22)21-14-6-3-12(4-7-14)10-20-25(23,24)16-8-5-13(18)9-15(16)19/h3-9,11,20H,10H2,1-2H3,(H,21,22). The van der Waals surface area contributed by atoms with Gasteiger partial charge < -0.3 is 5.32 Å². The van der Waals surface area contributed by atoms with E-state index in [0.717, 1.165) is 5.56 Å². The Bertz CT molecular complexity index is 868. The minimum absolute atomic E-state index is 0.0261. The molecule has 0 spiro atoms. The quantitative estimate of drug-likeness (QED) is 0.700. The lowest BCUT2D eigenvalue weighted by Gasteiger charge is -2.10. The molecule has 25 heavy (non-hydrogen) atoms. The fourth-order valence-electron chi connectivity index (χ4n) is 1.94. The Hall–Kier alpha value is -1.41. The molecule has 2 N–H and O–H groups in total. The highest BCUT2D eigenvalue weighted by atomic mass is 79.9. The molecule has 0 aliphatic rings. The van der Waals surface area contributed by atoms with Crippen molar-refractivity contribution in [3.05, 3.63) is 57.5 Å². The number of amides is 1. The van der Waals surface area contributed by atoms with Gasteiger partial charge in [0.2, 0.25) is 15.9 Å². The van der Waals surface area contributed by atoms with Gasteiger partial charge in [0.1, 0.15) is 4.90 Å². The Morgan fingerprint density at radius 3 is 2.36 bits per heavy atom. The van der Waals surface area contributed by atoms with Crippen molar-refractivity contribution in [1.29, 1.82) is 0 Å². The summed E-state index contributed by atoms with van der Waals surface area (Å²) >= 11 is 9.24. The van der Waals surface area contributed by atoms with E-state index in [1.165, 1.54) is 12.1 Å². The first-order chi connectivity index (χ1) is 11.7. The van der Waals surface area contributed by atoms with Crippen molar-refractivity contribution in [3.63, 3.8) is 0 Å². The summed E-state index contributed by atoms with van der Waals surface area (Å²) in [5.41, 5.74) is 1.43. The Balaban J connectivity index is 2.04. The van der Waals surface area contributed by atoms with Gasteiger partial charge in [-0.15, -0.1) is 0 Å². The molecule has 0 aliphatic carbocycles. The molecule has 2 aromatic rings. The molecule has 0 saturated heterocycles. The van der Waals surface area contributed by atoms with Gasteiger partial charge in [-0.1, -0.05) is 53.5 Å². The first-order valence-corrected chi connectivity index (χ1v) is 10.2. The zero-order valence-electron chi connectivity index (χ0n) is 13.7. The average Bonchev–Trinajstić information content (AvgIpc) is 2.53. The molecule has 0 unspecified atom stereocenters. The minimum Gasteiger partial charge on any atom is -0.326 e. The summed E-state index contributed by atoms with van der Waals surface area (Å²) in [5.74, 6) is -0.180. The van der Waals surface area contributed by atoms with Crippen molar-refractivity contribution >= 4 is 49.1 Å². The van der Waals surface area contributed by atoms with Crippen LogP contribution >= 0.6 is 27.5 Å². The monoisotopic (exact) mass is 444 g/mol. The lowest BCUT2D eigenvalue weighted by molar-refractivity contribution is -0.118. The molecule has 0 aliphatic heterocycles. The maximum Gasteiger partial charge on any atom is 0.242 e. The molecule has 5 nitrogen and oxygen atoms in total. The first-order valence-electron chi connectivity index (χ1n) is 7.53. The van der Waals surface area contributed by atoms with Crippen molar-refractivity contribution in [3.8, 4) is 0 Å². The molecule has 0 bridgehead atoms. The maximum atomic E-state index is 12.4. The highest BCUT2D eigenvalue weighted by molar-refractivity contribution is 9.10. The summed E-state index contributed by atoms with van der Waals surface area (Å²) in [6, 6.07) is 11.6. The lowest BCUT2D eigenvalue weighted by Crippen LogP contribution is -2.23. The SMILES string of the molecule is CC(C)C(=O)Nc1ccc(CNS(=O)(=O)c2ccc(Br)cc2Cl)cc1. The number of sulfonamides is 1. The van der Waals surface area contributed by atoms with Gasteiger partial charge in [-0.3, -0.25) is 4.79 Å². The summed E-state index contributed by atoms with van der Waals surface area (Å²) in [6.07, 6.45) is 0. The van der Waals surface area contributed by atoms with E-state index in [-0.39, 0.29) is 28.3 Å². The molecule has 0 aromatic heterocycles. The lowest BCUT2D eigenvalue weighted by atomic mass is 10.2. The summed E-state index contributed by atoms with van der Waals surface area (Å²) < 4.78 is 27.9. The second-order valence-corrected chi connectivity index (χ2v) is 8.80. The van der Waals surface area contributed by atoms with Gasteiger partial charge in [-0.25, -0.2) is 13.1 Å². The van der Waals surface area contributed by atoms with Crippen molar-refractivity contribution in [1.82, 2.24) is 4.72 Å². The van der Waals surface area contributed by atoms with E-state index in [9.17, 15) is 13.2 Å². The van der Waals surface area contributed by atoms with E-state index < -0.39 is 10.0 Å². The molecule has 0 heterocycles. The third-order valence-electron chi connectivity index (χ3n) is 3.40. The van der Waals surface area contributed by atoms with Gasteiger partial charge in [0, 0.05) is 22.6 Å². The van der Waals surface area contributed by atoms with Crippen LogP contribution in [-0.4, -0.2) is 14.3 Å². The normalized spacial score (nSPS) is 11.6. The molecule has 2 rings (SSSR count). The molecule has 0 fully saturated rings. The van der Waals surface area contributed by atoms with Crippen LogP contribution in [0.4, 0.5) is 5.69 Å². The van der Waals surface area contributed by atoms with Crippen molar-refractivity contribution in [2.75, 3.05) is 5.32 Å². The van der Waals surface area contributed by atoms with E-state index in [0.29, 0.717) is 10.2 Å². The zero-order chi connectivity index (χ0) is 18.6. The second-order valence-electron chi connectivity index (χ2n) is 5.74. The van der Waals surface area contributed by atoms with Crippen LogP contribution in [0.1, 0.15) is 19.4 Å². The van der Waals surface area contributed by atoms with Crippen LogP contribution in [0.5, 0.6) is 0 Å². The van der Waals surface area contributed by atoms with E-state index in [4.69, 9.17) is 11.6 Å². The van der Waals surface area contributed by atoms with Crippen LogP contribution in [0.2, 0.25) is 5.02 Å².